The van der Waals surface area contributed by atoms with E-state index in [9.17, 15) is 4.79 Å². The van der Waals surface area contributed by atoms with Crippen LogP contribution in [-0.4, -0.2) is 16.1 Å². The average molecular weight is 247 g/mol. The van der Waals surface area contributed by atoms with Gasteiger partial charge in [-0.15, -0.1) is 0 Å². The molecule has 2 N–H and O–H groups in total. The van der Waals surface area contributed by atoms with E-state index in [0.29, 0.717) is 18.2 Å². The van der Waals surface area contributed by atoms with Gasteiger partial charge >= 0.3 is 0 Å². The van der Waals surface area contributed by atoms with Crippen LogP contribution in [0.2, 0.25) is 0 Å². The van der Waals surface area contributed by atoms with Crippen molar-refractivity contribution < 1.29 is 4.79 Å². The quantitative estimate of drug-likeness (QED) is 0.801. The molecule has 0 bridgehead atoms. The number of aromatic amines is 1. The second-order valence-corrected chi connectivity index (χ2v) is 5.20. The zero-order valence-corrected chi connectivity index (χ0v) is 11.1. The van der Waals surface area contributed by atoms with Crippen LogP contribution in [0.4, 0.5) is 5.82 Å². The third-order valence-corrected chi connectivity index (χ3v) is 3.26. The van der Waals surface area contributed by atoms with E-state index >= 15 is 0 Å². The molecule has 0 aromatic carbocycles. The Morgan fingerprint density at radius 1 is 1.50 bits per heavy atom. The molecule has 4 heteroatoms. The lowest BCUT2D eigenvalue weighted by atomic mass is 9.97. The van der Waals surface area contributed by atoms with Gasteiger partial charge in [0.25, 0.3) is 0 Å². The molecule has 0 atom stereocenters. The van der Waals surface area contributed by atoms with Crippen molar-refractivity contribution in [2.24, 2.45) is 0 Å². The average Bonchev–Trinajstić information content (AvgIpc) is 2.78. The molecule has 98 valence electrons. The summed E-state index contributed by atoms with van der Waals surface area (Å²) in [5, 5.41) is 9.87. The minimum Gasteiger partial charge on any atom is -0.309 e. The van der Waals surface area contributed by atoms with Gasteiger partial charge in [0.1, 0.15) is 0 Å². The van der Waals surface area contributed by atoms with Crippen molar-refractivity contribution >= 4 is 11.7 Å². The van der Waals surface area contributed by atoms with Crippen LogP contribution < -0.4 is 5.32 Å². The van der Waals surface area contributed by atoms with Crippen LogP contribution in [0.1, 0.15) is 57.6 Å². The van der Waals surface area contributed by atoms with Crippen molar-refractivity contribution in [3.8, 4) is 0 Å². The highest BCUT2D eigenvalue weighted by molar-refractivity contribution is 5.91. The normalized spacial score (nSPS) is 15.6. The highest BCUT2D eigenvalue weighted by atomic mass is 16.1. The van der Waals surface area contributed by atoms with Gasteiger partial charge in [0.05, 0.1) is 0 Å². The van der Waals surface area contributed by atoms with Crippen LogP contribution in [-0.2, 0) is 4.79 Å². The standard InChI is InChI=1S/C14H21N3O/c1-10(2)12-9-13(17-16-12)15-14(18)8-11-6-4-3-5-7-11/h6,9-10H,3-5,7-8H2,1-2H3,(H2,15,16,17,18). The largest absolute Gasteiger partial charge is 0.309 e. The van der Waals surface area contributed by atoms with Crippen molar-refractivity contribution in [3.05, 3.63) is 23.4 Å². The summed E-state index contributed by atoms with van der Waals surface area (Å²) < 4.78 is 0. The molecule has 4 nitrogen and oxygen atoms in total. The van der Waals surface area contributed by atoms with Gasteiger partial charge in [0.15, 0.2) is 5.82 Å². The summed E-state index contributed by atoms with van der Waals surface area (Å²) in [6, 6.07) is 1.90. The van der Waals surface area contributed by atoms with Gasteiger partial charge < -0.3 is 5.32 Å². The smallest absolute Gasteiger partial charge is 0.229 e. The topological polar surface area (TPSA) is 57.8 Å². The number of allylic oxidation sites excluding steroid dienone is 1. The predicted molar refractivity (Wildman–Crippen MR) is 72.5 cm³/mol. The van der Waals surface area contributed by atoms with Gasteiger partial charge in [-0.3, -0.25) is 9.89 Å². The first-order chi connectivity index (χ1) is 8.65. The van der Waals surface area contributed by atoms with Crippen molar-refractivity contribution in [3.63, 3.8) is 0 Å². The molecule has 0 saturated carbocycles. The summed E-state index contributed by atoms with van der Waals surface area (Å²) in [7, 11) is 0. The van der Waals surface area contributed by atoms with Gasteiger partial charge in [0, 0.05) is 18.2 Å². The SMILES string of the molecule is CC(C)c1cc(NC(=O)CC2=CCCCC2)n[nH]1. The predicted octanol–water partition coefficient (Wildman–Crippen LogP) is 3.36. The van der Waals surface area contributed by atoms with Gasteiger partial charge in [-0.05, 0) is 31.6 Å². The molecule has 1 aromatic rings. The Hall–Kier alpha value is -1.58. The molecular weight excluding hydrogens is 226 g/mol. The molecule has 1 heterocycles. The van der Waals surface area contributed by atoms with Crippen LogP contribution in [0.25, 0.3) is 0 Å². The fourth-order valence-electron chi connectivity index (χ4n) is 2.15. The molecule has 0 saturated heterocycles. The fourth-order valence-corrected chi connectivity index (χ4v) is 2.15. The summed E-state index contributed by atoms with van der Waals surface area (Å²) in [6.07, 6.45) is 7.34. The Morgan fingerprint density at radius 3 is 2.94 bits per heavy atom. The third-order valence-electron chi connectivity index (χ3n) is 3.26. The molecule has 1 aliphatic rings. The number of hydrogen-bond acceptors (Lipinski definition) is 2. The first-order valence-electron chi connectivity index (χ1n) is 6.68. The van der Waals surface area contributed by atoms with E-state index in [4.69, 9.17) is 0 Å². The van der Waals surface area contributed by atoms with Gasteiger partial charge in [-0.1, -0.05) is 25.5 Å². The van der Waals surface area contributed by atoms with E-state index < -0.39 is 0 Å². The van der Waals surface area contributed by atoms with Crippen molar-refractivity contribution in [1.82, 2.24) is 10.2 Å². The lowest BCUT2D eigenvalue weighted by Crippen LogP contribution is -2.13. The van der Waals surface area contributed by atoms with Crippen molar-refractivity contribution in [1.29, 1.82) is 0 Å². The first-order valence-corrected chi connectivity index (χ1v) is 6.68. The minimum atomic E-state index is 0.0324. The van der Waals surface area contributed by atoms with E-state index in [1.165, 1.54) is 18.4 Å². The second-order valence-electron chi connectivity index (χ2n) is 5.20. The number of nitrogens with one attached hydrogen (secondary N) is 2. The monoisotopic (exact) mass is 247 g/mol. The summed E-state index contributed by atoms with van der Waals surface area (Å²) in [5.74, 6) is 1.05. The van der Waals surface area contributed by atoms with Crippen LogP contribution in [0.5, 0.6) is 0 Å². The van der Waals surface area contributed by atoms with E-state index in [-0.39, 0.29) is 5.91 Å². The Labute approximate surface area is 108 Å². The fraction of sp³-hybridized carbons (Fsp3) is 0.571. The number of H-pyrrole nitrogens is 1. The maximum absolute atomic E-state index is 11.9. The molecule has 0 spiro atoms. The third kappa shape index (κ3) is 3.45. The summed E-state index contributed by atoms with van der Waals surface area (Å²) in [6.45, 7) is 4.18. The highest BCUT2D eigenvalue weighted by Crippen LogP contribution is 2.21. The van der Waals surface area contributed by atoms with Crippen molar-refractivity contribution in [2.75, 3.05) is 5.32 Å². The number of hydrogen-bond donors (Lipinski definition) is 2. The Bertz CT molecular complexity index is 446. The summed E-state index contributed by atoms with van der Waals surface area (Å²) in [5.41, 5.74) is 2.31. The summed E-state index contributed by atoms with van der Waals surface area (Å²) >= 11 is 0. The number of carbonyl (C=O) groups excluding carboxylic acids is 1. The van der Waals surface area contributed by atoms with E-state index in [2.05, 4.69) is 35.4 Å². The number of anilines is 1. The zero-order valence-electron chi connectivity index (χ0n) is 11.1. The molecule has 0 radical (unpaired) electrons. The molecule has 18 heavy (non-hydrogen) atoms. The maximum atomic E-state index is 11.9. The molecule has 0 fully saturated rings. The van der Waals surface area contributed by atoms with E-state index in [1.807, 2.05) is 6.07 Å². The van der Waals surface area contributed by atoms with E-state index in [1.54, 1.807) is 0 Å². The van der Waals surface area contributed by atoms with Gasteiger partial charge in [0.2, 0.25) is 5.91 Å². The lowest BCUT2D eigenvalue weighted by molar-refractivity contribution is -0.115. The minimum absolute atomic E-state index is 0.0324. The van der Waals surface area contributed by atoms with Gasteiger partial charge in [-0.2, -0.15) is 5.10 Å². The molecule has 0 unspecified atom stereocenters. The molecule has 1 aromatic heterocycles. The van der Waals surface area contributed by atoms with Crippen LogP contribution in [0.15, 0.2) is 17.7 Å². The number of rotatable bonds is 4. The number of amides is 1. The molecule has 0 aliphatic heterocycles. The maximum Gasteiger partial charge on any atom is 0.229 e. The second kappa shape index (κ2) is 5.85. The molecule has 1 amide bonds. The lowest BCUT2D eigenvalue weighted by Gasteiger charge is -2.11. The molecule has 2 rings (SSSR count). The molecule has 1 aliphatic carbocycles. The van der Waals surface area contributed by atoms with E-state index in [0.717, 1.165) is 18.5 Å². The Morgan fingerprint density at radius 2 is 2.33 bits per heavy atom. The van der Waals surface area contributed by atoms with Crippen LogP contribution in [0, 0.1) is 0 Å². The van der Waals surface area contributed by atoms with Crippen molar-refractivity contribution in [2.45, 2.75) is 51.9 Å². The summed E-state index contributed by atoms with van der Waals surface area (Å²) in [4.78, 5) is 11.9. The van der Waals surface area contributed by atoms with Crippen LogP contribution in [0.3, 0.4) is 0 Å². The van der Waals surface area contributed by atoms with Crippen LogP contribution >= 0.6 is 0 Å². The number of aromatic nitrogens is 2. The highest BCUT2D eigenvalue weighted by Gasteiger charge is 2.11. The zero-order chi connectivity index (χ0) is 13.0. The Kier molecular flexibility index (Phi) is 4.18. The number of nitrogens with zero attached hydrogens (tertiary/aromatic N) is 1. The Balaban J connectivity index is 1.88. The first kappa shape index (κ1) is 12.9. The molecular formula is C14H21N3O. The van der Waals surface area contributed by atoms with Gasteiger partial charge in [-0.25, -0.2) is 0 Å². The number of carbonyl (C=O) groups is 1.